The summed E-state index contributed by atoms with van der Waals surface area (Å²) in [5.41, 5.74) is 0.315. The first-order valence-corrected chi connectivity index (χ1v) is 7.72. The number of carbonyl (C=O) groups is 2. The molecule has 1 amide bonds. The first kappa shape index (κ1) is 15.0. The first-order valence-electron chi connectivity index (χ1n) is 7.72. The van der Waals surface area contributed by atoms with Crippen LogP contribution in [0.5, 0.6) is 0 Å². The number of ether oxygens (including phenoxy) is 1. The molecule has 2 atom stereocenters. The molecule has 7 heteroatoms. The van der Waals surface area contributed by atoms with Gasteiger partial charge < -0.3 is 14.7 Å². The van der Waals surface area contributed by atoms with Crippen LogP contribution in [0.15, 0.2) is 12.3 Å². The first-order chi connectivity index (χ1) is 10.6. The van der Waals surface area contributed by atoms with Crippen LogP contribution in [0.1, 0.15) is 48.6 Å². The maximum absolute atomic E-state index is 12.6. The van der Waals surface area contributed by atoms with E-state index in [1.807, 2.05) is 10.9 Å². The van der Waals surface area contributed by atoms with Gasteiger partial charge in [-0.3, -0.25) is 9.48 Å². The van der Waals surface area contributed by atoms with Gasteiger partial charge in [-0.25, -0.2) is 4.79 Å². The summed E-state index contributed by atoms with van der Waals surface area (Å²) in [5, 5.41) is 13.7. The Balaban J connectivity index is 1.76. The highest BCUT2D eigenvalue weighted by Crippen LogP contribution is 2.29. The molecule has 1 N–H and O–H groups in total. The van der Waals surface area contributed by atoms with Gasteiger partial charge in [0.1, 0.15) is 11.7 Å². The lowest BCUT2D eigenvalue weighted by atomic mass is 10.2. The lowest BCUT2D eigenvalue weighted by Gasteiger charge is -2.20. The van der Waals surface area contributed by atoms with Crippen molar-refractivity contribution < 1.29 is 19.4 Å². The number of amides is 1. The van der Waals surface area contributed by atoms with Crippen molar-refractivity contribution in [3.05, 3.63) is 18.0 Å². The van der Waals surface area contributed by atoms with Crippen molar-refractivity contribution in [2.75, 3.05) is 13.7 Å². The summed E-state index contributed by atoms with van der Waals surface area (Å²) in [5.74, 6) is -1.33. The third-order valence-electron chi connectivity index (χ3n) is 4.67. The van der Waals surface area contributed by atoms with Crippen molar-refractivity contribution in [3.63, 3.8) is 0 Å². The molecule has 1 aliphatic carbocycles. The van der Waals surface area contributed by atoms with Crippen LogP contribution in [-0.4, -0.2) is 57.5 Å². The highest BCUT2D eigenvalue weighted by molar-refractivity contribution is 5.95. The van der Waals surface area contributed by atoms with E-state index < -0.39 is 12.0 Å². The van der Waals surface area contributed by atoms with Crippen LogP contribution in [0.25, 0.3) is 0 Å². The summed E-state index contributed by atoms with van der Waals surface area (Å²) in [6.07, 6.45) is 6.46. The predicted molar refractivity (Wildman–Crippen MR) is 77.6 cm³/mol. The number of aliphatic carboxylic acids is 1. The lowest BCUT2D eigenvalue weighted by molar-refractivity contribution is -0.141. The van der Waals surface area contributed by atoms with Gasteiger partial charge in [-0.15, -0.1) is 0 Å². The van der Waals surface area contributed by atoms with Crippen LogP contribution in [0.2, 0.25) is 0 Å². The average Bonchev–Trinajstić information content (AvgIpc) is 3.23. The summed E-state index contributed by atoms with van der Waals surface area (Å²) < 4.78 is 7.06. The second-order valence-electron chi connectivity index (χ2n) is 6.02. The van der Waals surface area contributed by atoms with Gasteiger partial charge in [0, 0.05) is 26.3 Å². The van der Waals surface area contributed by atoms with Gasteiger partial charge in [-0.1, -0.05) is 12.8 Å². The molecule has 1 saturated carbocycles. The Hall–Kier alpha value is -1.89. The highest BCUT2D eigenvalue weighted by Gasteiger charge is 2.40. The quantitative estimate of drug-likeness (QED) is 0.906. The normalized spacial score (nSPS) is 25.8. The molecule has 22 heavy (non-hydrogen) atoms. The Labute approximate surface area is 128 Å². The molecule has 0 aromatic carbocycles. The molecule has 2 heterocycles. The molecule has 1 saturated heterocycles. The summed E-state index contributed by atoms with van der Waals surface area (Å²) >= 11 is 0. The van der Waals surface area contributed by atoms with Crippen molar-refractivity contribution >= 4 is 11.9 Å². The number of methoxy groups -OCH3 is 1. The number of rotatable bonds is 4. The Morgan fingerprint density at radius 3 is 2.73 bits per heavy atom. The second-order valence-corrected chi connectivity index (χ2v) is 6.02. The molecule has 0 radical (unpaired) electrons. The number of likely N-dealkylation sites (tertiary alicyclic amines) is 1. The summed E-state index contributed by atoms with van der Waals surface area (Å²) in [4.78, 5) is 25.3. The summed E-state index contributed by atoms with van der Waals surface area (Å²) in [7, 11) is 1.53. The molecule has 2 fully saturated rings. The molecular weight excluding hydrogens is 286 g/mol. The van der Waals surface area contributed by atoms with Crippen molar-refractivity contribution in [1.29, 1.82) is 0 Å². The van der Waals surface area contributed by atoms with E-state index in [4.69, 9.17) is 4.74 Å². The predicted octanol–water partition coefficient (Wildman–Crippen LogP) is 1.31. The largest absolute Gasteiger partial charge is 0.480 e. The van der Waals surface area contributed by atoms with Crippen LogP contribution in [0.4, 0.5) is 0 Å². The highest BCUT2D eigenvalue weighted by atomic mass is 16.5. The number of aromatic nitrogens is 2. The fraction of sp³-hybridized carbons (Fsp3) is 0.667. The Morgan fingerprint density at radius 1 is 1.36 bits per heavy atom. The van der Waals surface area contributed by atoms with Crippen LogP contribution in [0, 0.1) is 0 Å². The molecule has 3 rings (SSSR count). The molecule has 1 aliphatic heterocycles. The molecule has 120 valence electrons. The summed E-state index contributed by atoms with van der Waals surface area (Å²) in [6.45, 7) is 0.294. The standard InChI is InChI=1S/C15H21N3O4/c1-22-11-8-13(15(20)21)17(9-11)14(19)12-6-7-18(16-12)10-4-2-3-5-10/h6-7,10-11,13H,2-5,8-9H2,1H3,(H,20,21). The lowest BCUT2D eigenvalue weighted by Crippen LogP contribution is -2.40. The number of hydrogen-bond donors (Lipinski definition) is 1. The number of carboxylic acid groups (broad SMARTS) is 1. The van der Waals surface area contributed by atoms with Crippen molar-refractivity contribution in [1.82, 2.24) is 14.7 Å². The minimum Gasteiger partial charge on any atom is -0.480 e. The minimum atomic E-state index is -0.997. The molecule has 1 aromatic rings. The van der Waals surface area contributed by atoms with E-state index in [0.29, 0.717) is 24.7 Å². The fourth-order valence-corrected chi connectivity index (χ4v) is 3.40. The topological polar surface area (TPSA) is 84.7 Å². The van der Waals surface area contributed by atoms with E-state index in [-0.39, 0.29) is 12.0 Å². The van der Waals surface area contributed by atoms with E-state index in [0.717, 1.165) is 12.8 Å². The van der Waals surface area contributed by atoms with Gasteiger partial charge >= 0.3 is 5.97 Å². The van der Waals surface area contributed by atoms with Crippen LogP contribution in [0.3, 0.4) is 0 Å². The Bertz CT molecular complexity index is 565. The Kier molecular flexibility index (Phi) is 4.15. The van der Waals surface area contributed by atoms with E-state index >= 15 is 0 Å². The molecule has 7 nitrogen and oxygen atoms in total. The van der Waals surface area contributed by atoms with Gasteiger partial charge in [0.25, 0.3) is 5.91 Å². The van der Waals surface area contributed by atoms with E-state index in [1.165, 1.54) is 24.9 Å². The molecular formula is C15H21N3O4. The van der Waals surface area contributed by atoms with Gasteiger partial charge in [0.05, 0.1) is 12.1 Å². The van der Waals surface area contributed by atoms with E-state index in [1.54, 1.807) is 6.07 Å². The second kappa shape index (κ2) is 6.08. The number of carboxylic acids is 1. The number of hydrogen-bond acceptors (Lipinski definition) is 4. The zero-order valence-electron chi connectivity index (χ0n) is 12.6. The average molecular weight is 307 g/mol. The molecule has 0 bridgehead atoms. The number of carbonyl (C=O) groups excluding carboxylic acids is 1. The van der Waals surface area contributed by atoms with E-state index in [2.05, 4.69) is 5.10 Å². The molecule has 2 unspecified atom stereocenters. The van der Waals surface area contributed by atoms with E-state index in [9.17, 15) is 14.7 Å². The van der Waals surface area contributed by atoms with Gasteiger partial charge in [-0.2, -0.15) is 5.10 Å². The monoisotopic (exact) mass is 307 g/mol. The SMILES string of the molecule is COC1CC(C(=O)O)N(C(=O)c2ccn(C3CCCC3)n2)C1. The molecule has 1 aromatic heterocycles. The molecule has 0 spiro atoms. The van der Waals surface area contributed by atoms with Gasteiger partial charge in [-0.05, 0) is 18.9 Å². The third kappa shape index (κ3) is 2.72. The third-order valence-corrected chi connectivity index (χ3v) is 4.67. The van der Waals surface area contributed by atoms with Crippen molar-refractivity contribution in [2.45, 2.75) is 50.3 Å². The summed E-state index contributed by atoms with van der Waals surface area (Å²) in [6, 6.07) is 1.20. The minimum absolute atomic E-state index is 0.234. The number of nitrogens with zero attached hydrogens (tertiary/aromatic N) is 3. The maximum atomic E-state index is 12.6. The van der Waals surface area contributed by atoms with Crippen molar-refractivity contribution in [3.8, 4) is 0 Å². The zero-order valence-corrected chi connectivity index (χ0v) is 12.6. The fourth-order valence-electron chi connectivity index (χ4n) is 3.40. The van der Waals surface area contributed by atoms with Crippen LogP contribution < -0.4 is 0 Å². The Morgan fingerprint density at radius 2 is 2.09 bits per heavy atom. The van der Waals surface area contributed by atoms with Crippen LogP contribution >= 0.6 is 0 Å². The van der Waals surface area contributed by atoms with Gasteiger partial charge in [0.15, 0.2) is 0 Å². The molecule has 2 aliphatic rings. The van der Waals surface area contributed by atoms with Gasteiger partial charge in [0.2, 0.25) is 0 Å². The van der Waals surface area contributed by atoms with Crippen molar-refractivity contribution in [2.24, 2.45) is 0 Å². The smallest absolute Gasteiger partial charge is 0.326 e. The maximum Gasteiger partial charge on any atom is 0.326 e. The zero-order chi connectivity index (χ0) is 15.7. The van der Waals surface area contributed by atoms with Crippen LogP contribution in [-0.2, 0) is 9.53 Å².